The van der Waals surface area contributed by atoms with Crippen LogP contribution in [0.2, 0.25) is 0 Å². The Balaban J connectivity index is 2.79. The number of carbonyl (C=O) groups excluding carboxylic acids is 2. The first-order chi connectivity index (χ1) is 8.43. The van der Waals surface area contributed by atoms with Crippen molar-refractivity contribution in [2.75, 3.05) is 13.2 Å². The summed E-state index contributed by atoms with van der Waals surface area (Å²) in [4.78, 5) is 24.8. The number of rotatable bonds is 5. The maximum Gasteiger partial charge on any atom is 0.416 e. The molecule has 18 heavy (non-hydrogen) atoms. The summed E-state index contributed by atoms with van der Waals surface area (Å²) in [5.41, 5.74) is 0. The molecule has 1 rings (SSSR count). The third kappa shape index (κ3) is 2.99. The normalized spacial score (nSPS) is 24.6. The summed E-state index contributed by atoms with van der Waals surface area (Å²) in [6, 6.07) is 0. The van der Waals surface area contributed by atoms with Gasteiger partial charge in [-0.1, -0.05) is 13.8 Å². The number of amides is 2. The molecule has 0 spiro atoms. The first-order valence-electron chi connectivity index (χ1n) is 5.84. The van der Waals surface area contributed by atoms with Crippen molar-refractivity contribution >= 4 is 32.8 Å². The van der Waals surface area contributed by atoms with Crippen molar-refractivity contribution in [2.45, 2.75) is 25.9 Å². The molecule has 1 aliphatic heterocycles. The van der Waals surface area contributed by atoms with Gasteiger partial charge in [0.1, 0.15) is 14.5 Å². The van der Waals surface area contributed by atoms with Gasteiger partial charge >= 0.3 is 6.09 Å². The molecule has 1 N–H and O–H groups in total. The summed E-state index contributed by atoms with van der Waals surface area (Å²) in [6.07, 6.45) is -1.19. The highest BCUT2D eigenvalue weighted by molar-refractivity contribution is 7.75. The quantitative estimate of drug-likeness (QED) is 0.399. The van der Waals surface area contributed by atoms with Gasteiger partial charge in [-0.25, -0.2) is 9.69 Å². The molecule has 1 saturated heterocycles. The molecule has 1 aliphatic rings. The average Bonchev–Trinajstić information content (AvgIpc) is 2.68. The highest BCUT2D eigenvalue weighted by Crippen LogP contribution is 2.23. The van der Waals surface area contributed by atoms with Crippen molar-refractivity contribution in [3.63, 3.8) is 0 Å². The summed E-state index contributed by atoms with van der Waals surface area (Å²) in [6.45, 7) is 3.48. The van der Waals surface area contributed by atoms with Crippen LogP contribution in [0.5, 0.6) is 0 Å². The van der Waals surface area contributed by atoms with E-state index < -0.39 is 18.1 Å². The number of thiol groups is 1. The number of carbonyl (C=O) groups is 2. The first-order valence-corrected chi connectivity index (χ1v) is 6.21. The van der Waals surface area contributed by atoms with Gasteiger partial charge in [-0.2, -0.15) is 0 Å². The molecule has 0 aromatic carbocycles. The van der Waals surface area contributed by atoms with Crippen LogP contribution in [0.15, 0.2) is 0 Å². The predicted octanol–water partition coefficient (Wildman–Crippen LogP) is -0.581. The molecule has 2 amide bonds. The minimum atomic E-state index is -0.631. The molecule has 0 aromatic rings. The van der Waals surface area contributed by atoms with Crippen LogP contribution in [-0.4, -0.2) is 55.1 Å². The summed E-state index contributed by atoms with van der Waals surface area (Å²) >= 11 is 3.73. The van der Waals surface area contributed by atoms with Crippen molar-refractivity contribution in [3.8, 4) is 0 Å². The van der Waals surface area contributed by atoms with Crippen LogP contribution >= 0.6 is 12.9 Å². The SMILES string of the molecule is B[C@H]1COC(=O)N1C(=O)[C@@H](C)[C@H](OS)[C@@H](C)CO. The molecule has 0 saturated carbocycles. The highest BCUT2D eigenvalue weighted by atomic mass is 32.1. The van der Waals surface area contributed by atoms with Gasteiger partial charge in [0.15, 0.2) is 0 Å². The number of cyclic esters (lactones) is 1. The van der Waals surface area contributed by atoms with E-state index in [-0.39, 0.29) is 31.0 Å². The van der Waals surface area contributed by atoms with Crippen LogP contribution in [0.4, 0.5) is 4.79 Å². The van der Waals surface area contributed by atoms with E-state index in [1.807, 2.05) is 0 Å². The molecule has 0 unspecified atom stereocenters. The standard InChI is InChI=1S/C10H18BNO5S/c1-5(3-13)8(17-18)6(2)9(14)12-7(11)4-16-10(12)15/h5-8,13,18H,3-4,11H2,1-2H3/t5-,6-,7+,8+/m0/s1. The molecule has 0 aliphatic carbocycles. The number of aliphatic hydroxyl groups is 1. The maximum atomic E-state index is 12.2. The van der Waals surface area contributed by atoms with Gasteiger partial charge in [-0.3, -0.25) is 4.79 Å². The number of hydrogen-bond acceptors (Lipinski definition) is 6. The molecule has 102 valence electrons. The van der Waals surface area contributed by atoms with E-state index in [9.17, 15) is 9.59 Å². The Morgan fingerprint density at radius 2 is 2.33 bits per heavy atom. The van der Waals surface area contributed by atoms with Gasteiger partial charge < -0.3 is 14.0 Å². The van der Waals surface area contributed by atoms with Gasteiger partial charge in [0.2, 0.25) is 5.91 Å². The Hall–Kier alpha value is -0.725. The van der Waals surface area contributed by atoms with Crippen molar-refractivity contribution in [3.05, 3.63) is 0 Å². The average molecular weight is 275 g/mol. The first kappa shape index (κ1) is 15.3. The van der Waals surface area contributed by atoms with Gasteiger partial charge in [-0.05, 0) is 12.9 Å². The van der Waals surface area contributed by atoms with Crippen molar-refractivity contribution in [1.82, 2.24) is 4.90 Å². The fourth-order valence-electron chi connectivity index (χ4n) is 1.97. The fraction of sp³-hybridized carbons (Fsp3) is 0.800. The highest BCUT2D eigenvalue weighted by Gasteiger charge is 2.40. The van der Waals surface area contributed by atoms with E-state index in [4.69, 9.17) is 14.0 Å². The Bertz CT molecular complexity index is 329. The molecule has 0 radical (unpaired) electrons. The second-order valence-electron chi connectivity index (χ2n) is 4.65. The van der Waals surface area contributed by atoms with Crippen molar-refractivity contribution in [1.29, 1.82) is 0 Å². The number of aliphatic hydroxyl groups excluding tert-OH is 1. The number of imide groups is 1. The summed E-state index contributed by atoms with van der Waals surface area (Å²) < 4.78 is 9.76. The summed E-state index contributed by atoms with van der Waals surface area (Å²) in [7, 11) is 1.74. The molecule has 4 atom stereocenters. The van der Waals surface area contributed by atoms with Crippen LogP contribution < -0.4 is 0 Å². The molecule has 0 bridgehead atoms. The summed E-state index contributed by atoms with van der Waals surface area (Å²) in [5.74, 6) is -1.49. The number of ether oxygens (including phenoxy) is 1. The lowest BCUT2D eigenvalue weighted by Gasteiger charge is -2.28. The zero-order valence-corrected chi connectivity index (χ0v) is 11.6. The third-order valence-corrected chi connectivity index (χ3v) is 3.42. The van der Waals surface area contributed by atoms with Crippen LogP contribution in [0, 0.1) is 11.8 Å². The van der Waals surface area contributed by atoms with E-state index in [2.05, 4.69) is 12.9 Å². The molecule has 1 fully saturated rings. The molecule has 6 nitrogen and oxygen atoms in total. The van der Waals surface area contributed by atoms with Gasteiger partial charge in [0.25, 0.3) is 0 Å². The largest absolute Gasteiger partial charge is 0.448 e. The van der Waals surface area contributed by atoms with Crippen LogP contribution in [0.3, 0.4) is 0 Å². The lowest BCUT2D eigenvalue weighted by atomic mass is 9.90. The fourth-order valence-corrected chi connectivity index (χ4v) is 2.37. The Morgan fingerprint density at radius 3 is 2.72 bits per heavy atom. The van der Waals surface area contributed by atoms with E-state index in [1.165, 1.54) is 0 Å². The Kier molecular flexibility index (Phi) is 5.49. The second kappa shape index (κ2) is 6.44. The zero-order valence-electron chi connectivity index (χ0n) is 10.7. The topological polar surface area (TPSA) is 76.1 Å². The Morgan fingerprint density at radius 1 is 1.72 bits per heavy atom. The zero-order chi connectivity index (χ0) is 13.9. The summed E-state index contributed by atoms with van der Waals surface area (Å²) in [5, 5.41) is 9.11. The van der Waals surface area contributed by atoms with Gasteiger partial charge in [0.05, 0.1) is 12.0 Å². The number of nitrogens with zero attached hydrogens (tertiary/aromatic N) is 1. The molecular formula is C10H18BNO5S. The van der Waals surface area contributed by atoms with E-state index in [0.29, 0.717) is 0 Å². The molecular weight excluding hydrogens is 257 g/mol. The van der Waals surface area contributed by atoms with Crippen LogP contribution in [0.1, 0.15) is 13.8 Å². The molecule has 1 heterocycles. The van der Waals surface area contributed by atoms with E-state index >= 15 is 0 Å². The lowest BCUT2D eigenvalue weighted by Crippen LogP contribution is -2.46. The van der Waals surface area contributed by atoms with Crippen LogP contribution in [-0.2, 0) is 13.7 Å². The lowest BCUT2D eigenvalue weighted by molar-refractivity contribution is -0.135. The van der Waals surface area contributed by atoms with Crippen molar-refractivity contribution in [2.24, 2.45) is 11.8 Å². The maximum absolute atomic E-state index is 12.2. The third-order valence-electron chi connectivity index (χ3n) is 3.18. The van der Waals surface area contributed by atoms with Gasteiger partial charge in [-0.15, -0.1) is 0 Å². The predicted molar refractivity (Wildman–Crippen MR) is 69.8 cm³/mol. The van der Waals surface area contributed by atoms with E-state index in [0.717, 1.165) is 4.90 Å². The second-order valence-corrected chi connectivity index (χ2v) is 4.86. The number of hydrogen-bond donors (Lipinski definition) is 2. The Labute approximate surface area is 113 Å². The minimum Gasteiger partial charge on any atom is -0.448 e. The van der Waals surface area contributed by atoms with Gasteiger partial charge in [0, 0.05) is 18.5 Å². The molecule has 8 heteroatoms. The van der Waals surface area contributed by atoms with E-state index in [1.54, 1.807) is 21.7 Å². The van der Waals surface area contributed by atoms with Crippen molar-refractivity contribution < 1.29 is 23.6 Å². The molecule has 0 aromatic heterocycles. The monoisotopic (exact) mass is 275 g/mol. The minimum absolute atomic E-state index is 0.122. The smallest absolute Gasteiger partial charge is 0.416 e. The van der Waals surface area contributed by atoms with Crippen LogP contribution in [0.25, 0.3) is 0 Å².